The van der Waals surface area contributed by atoms with Crippen molar-refractivity contribution in [3.63, 3.8) is 0 Å². The lowest BCUT2D eigenvalue weighted by molar-refractivity contribution is 0.0696. The summed E-state index contributed by atoms with van der Waals surface area (Å²) in [6.45, 7) is 0. The predicted molar refractivity (Wildman–Crippen MR) is 112 cm³/mol. The van der Waals surface area contributed by atoms with Gasteiger partial charge < -0.3 is 24.3 Å². The van der Waals surface area contributed by atoms with E-state index in [4.69, 9.17) is 13.9 Å². The number of aromatic nitrogens is 2. The average molecular weight is 419 g/mol. The van der Waals surface area contributed by atoms with E-state index in [-0.39, 0.29) is 17.1 Å². The van der Waals surface area contributed by atoms with Crippen molar-refractivity contribution in [3.8, 4) is 23.0 Å². The van der Waals surface area contributed by atoms with Crippen molar-refractivity contribution in [2.45, 2.75) is 0 Å². The third kappa shape index (κ3) is 4.01. The molecule has 2 aromatic heterocycles. The molecule has 0 saturated carbocycles. The summed E-state index contributed by atoms with van der Waals surface area (Å²) >= 11 is 0. The van der Waals surface area contributed by atoms with Gasteiger partial charge in [0.2, 0.25) is 5.89 Å². The zero-order valence-electron chi connectivity index (χ0n) is 16.6. The van der Waals surface area contributed by atoms with Crippen LogP contribution < -0.4 is 14.8 Å². The van der Waals surface area contributed by atoms with Gasteiger partial charge in [-0.25, -0.2) is 9.78 Å². The van der Waals surface area contributed by atoms with Gasteiger partial charge in [-0.15, -0.1) is 0 Å². The minimum Gasteiger partial charge on any atom is -0.493 e. The summed E-state index contributed by atoms with van der Waals surface area (Å²) in [6.07, 6.45) is 1.58. The van der Waals surface area contributed by atoms with E-state index in [0.717, 1.165) is 0 Å². The largest absolute Gasteiger partial charge is 0.493 e. The summed E-state index contributed by atoms with van der Waals surface area (Å²) in [5, 5.41) is 12.2. The first-order valence-electron chi connectivity index (χ1n) is 9.12. The fourth-order valence-electron chi connectivity index (χ4n) is 3.02. The highest BCUT2D eigenvalue weighted by Gasteiger charge is 2.16. The number of nitrogens with one attached hydrogen (secondary N) is 1. The number of carbonyl (C=O) groups excluding carboxylic acids is 1. The second-order valence-electron chi connectivity index (χ2n) is 6.47. The molecule has 0 unspecified atom stereocenters. The lowest BCUT2D eigenvalue weighted by atomic mass is 10.1. The van der Waals surface area contributed by atoms with E-state index in [1.807, 2.05) is 0 Å². The smallest absolute Gasteiger partial charge is 0.335 e. The van der Waals surface area contributed by atoms with Gasteiger partial charge in [0.25, 0.3) is 5.91 Å². The number of carboxylic acid groups (broad SMARTS) is 1. The molecule has 0 radical (unpaired) electrons. The van der Waals surface area contributed by atoms with Gasteiger partial charge in [0, 0.05) is 23.0 Å². The van der Waals surface area contributed by atoms with Gasteiger partial charge in [-0.2, -0.15) is 4.98 Å². The first-order chi connectivity index (χ1) is 15.0. The normalized spacial score (nSPS) is 10.6. The van der Waals surface area contributed by atoms with Crippen LogP contribution in [0.2, 0.25) is 0 Å². The van der Waals surface area contributed by atoms with Crippen molar-refractivity contribution in [3.05, 3.63) is 65.9 Å². The van der Waals surface area contributed by atoms with Gasteiger partial charge >= 0.3 is 5.97 Å². The minimum atomic E-state index is -1.15. The van der Waals surface area contributed by atoms with Crippen LogP contribution in [0.1, 0.15) is 20.7 Å². The molecule has 0 aliphatic heterocycles. The Hall–Kier alpha value is -4.40. The van der Waals surface area contributed by atoms with E-state index in [9.17, 15) is 14.7 Å². The number of methoxy groups -OCH3 is 2. The van der Waals surface area contributed by atoms with Gasteiger partial charge in [0.15, 0.2) is 22.7 Å². The second kappa shape index (κ2) is 8.15. The summed E-state index contributed by atoms with van der Waals surface area (Å²) in [7, 11) is 2.97. The van der Waals surface area contributed by atoms with Gasteiger partial charge in [0.05, 0.1) is 19.8 Å². The predicted octanol–water partition coefficient (Wildman–Crippen LogP) is 3.86. The second-order valence-corrected chi connectivity index (χ2v) is 6.47. The van der Waals surface area contributed by atoms with Crippen LogP contribution in [0.15, 0.2) is 59.1 Å². The number of hydrogen-bond acceptors (Lipinski definition) is 7. The molecule has 0 aliphatic carbocycles. The summed E-state index contributed by atoms with van der Waals surface area (Å²) in [6, 6.07) is 12.5. The van der Waals surface area contributed by atoms with Gasteiger partial charge in [-0.05, 0) is 48.5 Å². The molecule has 4 rings (SSSR count). The number of amides is 1. The average Bonchev–Trinajstić information content (AvgIpc) is 3.22. The van der Waals surface area contributed by atoms with Crippen molar-refractivity contribution in [1.29, 1.82) is 0 Å². The SMILES string of the molecule is COc1ccc(C(=O)Nc2cc(C(=O)O)cc(-c3nc4ncccc4o3)c2)cc1OC. The van der Waals surface area contributed by atoms with E-state index in [2.05, 4.69) is 15.3 Å². The number of rotatable bonds is 6. The molecule has 31 heavy (non-hydrogen) atoms. The fraction of sp³-hybridized carbons (Fsp3) is 0.0909. The number of nitrogens with zero attached hydrogens (tertiary/aromatic N) is 2. The molecule has 1 amide bonds. The van der Waals surface area contributed by atoms with Crippen LogP contribution >= 0.6 is 0 Å². The topological polar surface area (TPSA) is 124 Å². The Labute approximate surface area is 176 Å². The van der Waals surface area contributed by atoms with Crippen molar-refractivity contribution >= 4 is 28.8 Å². The zero-order chi connectivity index (χ0) is 22.0. The maximum atomic E-state index is 12.7. The molecule has 0 atom stereocenters. The maximum Gasteiger partial charge on any atom is 0.335 e. The molecular formula is C22H17N3O6. The Morgan fingerprint density at radius 2 is 1.81 bits per heavy atom. The van der Waals surface area contributed by atoms with Crippen LogP contribution in [-0.2, 0) is 0 Å². The van der Waals surface area contributed by atoms with Gasteiger partial charge in [-0.1, -0.05) is 0 Å². The number of carboxylic acids is 1. The molecule has 9 nitrogen and oxygen atoms in total. The number of carbonyl (C=O) groups is 2. The Kier molecular flexibility index (Phi) is 5.23. The lowest BCUT2D eigenvalue weighted by Crippen LogP contribution is -2.13. The number of fused-ring (bicyclic) bond motifs is 1. The summed E-state index contributed by atoms with van der Waals surface area (Å²) in [5.41, 5.74) is 1.80. The fourth-order valence-corrected chi connectivity index (χ4v) is 3.02. The Morgan fingerprint density at radius 3 is 2.52 bits per heavy atom. The Bertz CT molecular complexity index is 1260. The summed E-state index contributed by atoms with van der Waals surface area (Å²) in [4.78, 5) is 32.8. The van der Waals surface area contributed by atoms with Crippen LogP contribution in [-0.4, -0.2) is 41.2 Å². The molecule has 4 aromatic rings. The van der Waals surface area contributed by atoms with Crippen molar-refractivity contribution in [2.75, 3.05) is 19.5 Å². The van der Waals surface area contributed by atoms with E-state index >= 15 is 0 Å². The summed E-state index contributed by atoms with van der Waals surface area (Å²) in [5.74, 6) is -0.530. The number of hydrogen-bond donors (Lipinski definition) is 2. The van der Waals surface area contributed by atoms with Gasteiger partial charge in [0.1, 0.15) is 0 Å². The molecule has 9 heteroatoms. The zero-order valence-corrected chi connectivity index (χ0v) is 16.6. The van der Waals surface area contributed by atoms with Crippen molar-refractivity contribution < 1.29 is 28.6 Å². The van der Waals surface area contributed by atoms with E-state index < -0.39 is 11.9 Å². The summed E-state index contributed by atoms with van der Waals surface area (Å²) < 4.78 is 16.1. The monoisotopic (exact) mass is 419 g/mol. The molecule has 0 aliphatic rings. The van der Waals surface area contributed by atoms with E-state index in [1.165, 1.54) is 32.4 Å². The van der Waals surface area contributed by atoms with E-state index in [1.54, 1.807) is 36.5 Å². The van der Waals surface area contributed by atoms with E-state index in [0.29, 0.717) is 33.9 Å². The molecule has 2 aromatic carbocycles. The van der Waals surface area contributed by atoms with Crippen LogP contribution in [0.5, 0.6) is 11.5 Å². The van der Waals surface area contributed by atoms with Crippen LogP contribution in [0.25, 0.3) is 22.7 Å². The molecule has 0 spiro atoms. The highest BCUT2D eigenvalue weighted by atomic mass is 16.5. The van der Waals surface area contributed by atoms with Crippen molar-refractivity contribution in [2.24, 2.45) is 0 Å². The number of benzene rings is 2. The quantitative estimate of drug-likeness (QED) is 0.483. The van der Waals surface area contributed by atoms with Gasteiger partial charge in [-0.3, -0.25) is 4.79 Å². The molecular weight excluding hydrogens is 402 g/mol. The highest BCUT2D eigenvalue weighted by molar-refractivity contribution is 6.05. The third-order valence-corrected chi connectivity index (χ3v) is 4.50. The number of anilines is 1. The van der Waals surface area contributed by atoms with Crippen LogP contribution in [0.4, 0.5) is 5.69 Å². The molecule has 2 heterocycles. The number of ether oxygens (including phenoxy) is 2. The first-order valence-corrected chi connectivity index (χ1v) is 9.12. The van der Waals surface area contributed by atoms with Crippen molar-refractivity contribution in [1.82, 2.24) is 9.97 Å². The Morgan fingerprint density at radius 1 is 1.00 bits per heavy atom. The van der Waals surface area contributed by atoms with Crippen LogP contribution in [0.3, 0.4) is 0 Å². The Balaban J connectivity index is 1.69. The molecule has 156 valence electrons. The third-order valence-electron chi connectivity index (χ3n) is 4.50. The highest BCUT2D eigenvalue weighted by Crippen LogP contribution is 2.29. The molecule has 0 bridgehead atoms. The minimum absolute atomic E-state index is 0.0321. The number of aromatic carboxylic acids is 1. The molecule has 2 N–H and O–H groups in total. The number of oxazole rings is 1. The lowest BCUT2D eigenvalue weighted by Gasteiger charge is -2.11. The van der Waals surface area contributed by atoms with Crippen LogP contribution in [0, 0.1) is 0 Å². The molecule has 0 saturated heterocycles. The first kappa shape index (κ1) is 19.9. The number of pyridine rings is 1. The maximum absolute atomic E-state index is 12.7. The molecule has 0 fully saturated rings. The standard InChI is InChI=1S/C22H17N3O6/c1-29-16-6-5-12(11-18(16)30-2)20(26)24-15-9-13(8-14(10-15)22(27)28)21-25-19-17(31-21)4-3-7-23-19/h3-11H,1-2H3,(H,24,26)(H,27,28).